The van der Waals surface area contributed by atoms with Gasteiger partial charge in [-0.25, -0.2) is 4.39 Å². The molecular weight excluding hydrogens is 371 g/mol. The maximum absolute atomic E-state index is 13.9. The quantitative estimate of drug-likeness (QED) is 0.778. The van der Waals surface area contributed by atoms with Crippen LogP contribution in [0.4, 0.5) is 4.39 Å². The van der Waals surface area contributed by atoms with Crippen molar-refractivity contribution < 1.29 is 14.0 Å². The van der Waals surface area contributed by atoms with E-state index in [2.05, 4.69) is 10.3 Å². The number of nitrogens with one attached hydrogen (secondary N) is 1. The van der Waals surface area contributed by atoms with E-state index in [0.717, 1.165) is 24.0 Å². The molecule has 1 aromatic heterocycles. The summed E-state index contributed by atoms with van der Waals surface area (Å²) in [5, 5.41) is 3.01. The molecule has 0 saturated heterocycles. The minimum atomic E-state index is -0.569. The van der Waals surface area contributed by atoms with Crippen molar-refractivity contribution in [2.24, 2.45) is 5.73 Å². The van der Waals surface area contributed by atoms with Crippen molar-refractivity contribution in [3.63, 3.8) is 0 Å². The minimum absolute atomic E-state index is 0.0575. The Balaban J connectivity index is 1.47. The van der Waals surface area contributed by atoms with E-state index in [1.165, 1.54) is 6.07 Å². The molecule has 2 atom stereocenters. The van der Waals surface area contributed by atoms with E-state index in [4.69, 9.17) is 5.73 Å². The Morgan fingerprint density at radius 2 is 2.03 bits per heavy atom. The van der Waals surface area contributed by atoms with Crippen LogP contribution in [0.1, 0.15) is 36.0 Å². The van der Waals surface area contributed by atoms with Crippen LogP contribution < -0.4 is 11.1 Å². The SMILES string of the molecule is N[C@@H](CC(=O)N1Cc2ccncc2CC1C(=O)NC1CC1)Cc1ccccc1F. The van der Waals surface area contributed by atoms with Crippen LogP contribution in [-0.2, 0) is 29.0 Å². The van der Waals surface area contributed by atoms with Crippen molar-refractivity contribution in [3.05, 3.63) is 65.2 Å². The monoisotopic (exact) mass is 396 g/mol. The predicted molar refractivity (Wildman–Crippen MR) is 106 cm³/mol. The number of aromatic nitrogens is 1. The van der Waals surface area contributed by atoms with Crippen molar-refractivity contribution in [1.29, 1.82) is 0 Å². The van der Waals surface area contributed by atoms with Crippen LogP contribution >= 0.6 is 0 Å². The molecule has 4 rings (SSSR count). The van der Waals surface area contributed by atoms with Crippen LogP contribution in [0, 0.1) is 5.82 Å². The Kier molecular flexibility index (Phi) is 5.58. The summed E-state index contributed by atoms with van der Waals surface area (Å²) in [5.41, 5.74) is 8.64. The summed E-state index contributed by atoms with van der Waals surface area (Å²) >= 11 is 0. The van der Waals surface area contributed by atoms with Gasteiger partial charge in [0.05, 0.1) is 0 Å². The van der Waals surface area contributed by atoms with Crippen LogP contribution in [0.2, 0.25) is 0 Å². The van der Waals surface area contributed by atoms with E-state index in [1.54, 1.807) is 35.5 Å². The molecule has 1 aliphatic heterocycles. The maximum atomic E-state index is 13.9. The third kappa shape index (κ3) is 4.62. The topological polar surface area (TPSA) is 88.3 Å². The van der Waals surface area contributed by atoms with Gasteiger partial charge in [-0.05, 0) is 48.1 Å². The van der Waals surface area contributed by atoms with E-state index in [9.17, 15) is 14.0 Å². The Morgan fingerprint density at radius 3 is 2.79 bits per heavy atom. The summed E-state index contributed by atoms with van der Waals surface area (Å²) in [6.45, 7) is 0.353. The predicted octanol–water partition coefficient (Wildman–Crippen LogP) is 1.71. The molecule has 152 valence electrons. The van der Waals surface area contributed by atoms with E-state index < -0.39 is 12.1 Å². The lowest BCUT2D eigenvalue weighted by Crippen LogP contribution is -2.53. The normalized spacial score (nSPS) is 19.4. The molecule has 2 heterocycles. The number of pyridine rings is 1. The third-order valence-electron chi connectivity index (χ3n) is 5.56. The molecule has 0 spiro atoms. The van der Waals surface area contributed by atoms with Gasteiger partial charge in [0.1, 0.15) is 11.9 Å². The number of hydrogen-bond acceptors (Lipinski definition) is 4. The van der Waals surface area contributed by atoms with Gasteiger partial charge in [0.15, 0.2) is 0 Å². The molecule has 1 unspecified atom stereocenters. The number of amides is 2. The van der Waals surface area contributed by atoms with Crippen molar-refractivity contribution in [1.82, 2.24) is 15.2 Å². The molecular formula is C22H25FN4O2. The standard InChI is InChI=1S/C22H25FN4O2/c23-19-4-2-1-3-14(19)9-17(24)11-21(28)27-13-15-7-8-25-12-16(15)10-20(27)22(29)26-18-5-6-18/h1-4,7-8,12,17-18,20H,5-6,9-11,13,24H2,(H,26,29)/t17-,20?/m1/s1. The van der Waals surface area contributed by atoms with Crippen molar-refractivity contribution in [2.45, 2.75) is 56.8 Å². The van der Waals surface area contributed by atoms with Gasteiger partial charge in [0.2, 0.25) is 11.8 Å². The number of nitrogens with zero attached hydrogens (tertiary/aromatic N) is 2. The summed E-state index contributed by atoms with van der Waals surface area (Å²) in [6, 6.07) is 7.44. The largest absolute Gasteiger partial charge is 0.352 e. The smallest absolute Gasteiger partial charge is 0.243 e. The number of halogens is 1. The summed E-state index contributed by atoms with van der Waals surface area (Å²) in [5.74, 6) is -0.637. The second kappa shape index (κ2) is 8.29. The number of rotatable bonds is 6. The molecule has 2 aromatic rings. The number of carbonyl (C=O) groups is 2. The molecule has 7 heteroatoms. The Hall–Kier alpha value is -2.80. The molecule has 29 heavy (non-hydrogen) atoms. The van der Waals surface area contributed by atoms with Gasteiger partial charge in [-0.1, -0.05) is 18.2 Å². The van der Waals surface area contributed by atoms with Crippen LogP contribution in [0.5, 0.6) is 0 Å². The third-order valence-corrected chi connectivity index (χ3v) is 5.56. The van der Waals surface area contributed by atoms with Crippen molar-refractivity contribution in [3.8, 4) is 0 Å². The highest BCUT2D eigenvalue weighted by molar-refractivity contribution is 5.89. The van der Waals surface area contributed by atoms with Crippen LogP contribution in [0.15, 0.2) is 42.7 Å². The number of fused-ring (bicyclic) bond motifs is 1. The zero-order chi connectivity index (χ0) is 20.4. The second-order valence-electron chi connectivity index (χ2n) is 7.93. The number of carbonyl (C=O) groups excluding carboxylic acids is 2. The molecule has 6 nitrogen and oxygen atoms in total. The summed E-state index contributed by atoms with van der Waals surface area (Å²) < 4.78 is 13.9. The Bertz CT molecular complexity index is 915. The van der Waals surface area contributed by atoms with E-state index in [0.29, 0.717) is 18.5 Å². The van der Waals surface area contributed by atoms with E-state index in [1.807, 2.05) is 6.07 Å². The van der Waals surface area contributed by atoms with Gasteiger partial charge in [0, 0.05) is 43.9 Å². The van der Waals surface area contributed by atoms with Crippen LogP contribution in [-0.4, -0.2) is 39.8 Å². The number of benzene rings is 1. The lowest BCUT2D eigenvalue weighted by atomic mass is 9.94. The van der Waals surface area contributed by atoms with E-state index in [-0.39, 0.29) is 36.5 Å². The minimum Gasteiger partial charge on any atom is -0.352 e. The van der Waals surface area contributed by atoms with Crippen molar-refractivity contribution in [2.75, 3.05) is 0 Å². The molecule has 1 aliphatic carbocycles. The molecule has 1 aromatic carbocycles. The first-order chi connectivity index (χ1) is 14.0. The van der Waals surface area contributed by atoms with E-state index >= 15 is 0 Å². The first kappa shape index (κ1) is 19.5. The lowest BCUT2D eigenvalue weighted by molar-refractivity contribution is -0.142. The van der Waals surface area contributed by atoms with Gasteiger partial charge in [-0.3, -0.25) is 14.6 Å². The molecule has 3 N–H and O–H groups in total. The first-order valence-electron chi connectivity index (χ1n) is 10.0. The molecule has 2 amide bonds. The second-order valence-corrected chi connectivity index (χ2v) is 7.93. The Labute approximate surface area is 169 Å². The summed E-state index contributed by atoms with van der Waals surface area (Å²) in [4.78, 5) is 31.6. The zero-order valence-electron chi connectivity index (χ0n) is 16.2. The highest BCUT2D eigenvalue weighted by Crippen LogP contribution is 2.26. The maximum Gasteiger partial charge on any atom is 0.243 e. The average Bonchev–Trinajstić information content (AvgIpc) is 3.52. The van der Waals surface area contributed by atoms with Gasteiger partial charge in [-0.15, -0.1) is 0 Å². The fourth-order valence-electron chi connectivity index (χ4n) is 3.79. The lowest BCUT2D eigenvalue weighted by Gasteiger charge is -2.36. The summed E-state index contributed by atoms with van der Waals surface area (Å²) in [6.07, 6.45) is 6.19. The highest BCUT2D eigenvalue weighted by atomic mass is 19.1. The average molecular weight is 396 g/mol. The first-order valence-corrected chi connectivity index (χ1v) is 10.0. The zero-order valence-corrected chi connectivity index (χ0v) is 16.2. The van der Waals surface area contributed by atoms with Gasteiger partial charge in [0.25, 0.3) is 0 Å². The Morgan fingerprint density at radius 1 is 1.24 bits per heavy atom. The molecule has 1 saturated carbocycles. The molecule has 0 radical (unpaired) electrons. The molecule has 2 aliphatic rings. The van der Waals surface area contributed by atoms with Crippen molar-refractivity contribution >= 4 is 11.8 Å². The van der Waals surface area contributed by atoms with Crippen LogP contribution in [0.25, 0.3) is 0 Å². The van der Waals surface area contributed by atoms with Gasteiger partial charge in [-0.2, -0.15) is 0 Å². The fraction of sp³-hybridized carbons (Fsp3) is 0.409. The molecule has 0 bridgehead atoms. The molecule has 1 fully saturated rings. The fourth-order valence-corrected chi connectivity index (χ4v) is 3.79. The highest BCUT2D eigenvalue weighted by Gasteiger charge is 2.37. The van der Waals surface area contributed by atoms with Gasteiger partial charge >= 0.3 is 0 Å². The van der Waals surface area contributed by atoms with Gasteiger partial charge < -0.3 is 16.0 Å². The summed E-state index contributed by atoms with van der Waals surface area (Å²) in [7, 11) is 0. The van der Waals surface area contributed by atoms with Crippen LogP contribution in [0.3, 0.4) is 0 Å². The number of hydrogen-bond donors (Lipinski definition) is 2. The number of nitrogens with two attached hydrogens (primary N) is 1.